The maximum Gasteiger partial charge on any atom is 0.177 e. The van der Waals surface area contributed by atoms with Crippen LogP contribution in [0.3, 0.4) is 0 Å². The molecule has 1 atom stereocenters. The minimum absolute atomic E-state index is 0.0192. The predicted octanol–water partition coefficient (Wildman–Crippen LogP) is 1.27. The van der Waals surface area contributed by atoms with Gasteiger partial charge >= 0.3 is 0 Å². The smallest absolute Gasteiger partial charge is 0.177 e. The molecule has 90 valence electrons. The van der Waals surface area contributed by atoms with Crippen LogP contribution in [0.25, 0.3) is 0 Å². The molecule has 1 aromatic rings. The van der Waals surface area contributed by atoms with Gasteiger partial charge in [-0.15, -0.1) is 0 Å². The largest absolute Gasteiger partial charge is 0.394 e. The molecule has 0 heterocycles. The summed E-state index contributed by atoms with van der Waals surface area (Å²) in [5.41, 5.74) is 0.547. The molecule has 0 aromatic heterocycles. The number of aliphatic hydroxyl groups excluding tert-OH is 1. The molecule has 0 aliphatic heterocycles. The second kappa shape index (κ2) is 5.32. The van der Waals surface area contributed by atoms with Crippen molar-refractivity contribution in [1.82, 2.24) is 0 Å². The number of rotatable bonds is 5. The van der Waals surface area contributed by atoms with Crippen LogP contribution in [0.4, 0.5) is 5.69 Å². The van der Waals surface area contributed by atoms with Crippen LogP contribution in [0.2, 0.25) is 0 Å². The average molecular weight is 243 g/mol. The highest BCUT2D eigenvalue weighted by Gasteiger charge is 2.14. The summed E-state index contributed by atoms with van der Waals surface area (Å²) < 4.78 is 23.0. The zero-order chi connectivity index (χ0) is 12.2. The summed E-state index contributed by atoms with van der Waals surface area (Å²) in [6, 6.07) is 6.59. The highest BCUT2D eigenvalue weighted by Crippen LogP contribution is 2.21. The molecule has 1 rings (SSSR count). The maximum absolute atomic E-state index is 11.5. The van der Waals surface area contributed by atoms with Gasteiger partial charge in [0.05, 0.1) is 17.2 Å². The van der Waals surface area contributed by atoms with E-state index in [2.05, 4.69) is 5.32 Å². The van der Waals surface area contributed by atoms with E-state index in [0.717, 1.165) is 6.42 Å². The van der Waals surface area contributed by atoms with Crippen LogP contribution in [0.5, 0.6) is 0 Å². The summed E-state index contributed by atoms with van der Waals surface area (Å²) in [5, 5.41) is 12.1. The Hall–Kier alpha value is -1.07. The molecule has 0 spiro atoms. The van der Waals surface area contributed by atoms with Crippen LogP contribution >= 0.6 is 0 Å². The molecule has 1 unspecified atom stereocenters. The molecule has 16 heavy (non-hydrogen) atoms. The van der Waals surface area contributed by atoms with Crippen molar-refractivity contribution in [2.24, 2.45) is 0 Å². The Morgan fingerprint density at radius 3 is 2.50 bits per heavy atom. The lowest BCUT2D eigenvalue weighted by atomic mass is 10.2. The van der Waals surface area contributed by atoms with Gasteiger partial charge in [0.25, 0.3) is 0 Å². The molecular formula is C11H17NO3S. The van der Waals surface area contributed by atoms with Crippen molar-refractivity contribution in [2.75, 3.05) is 18.2 Å². The average Bonchev–Trinajstić information content (AvgIpc) is 2.25. The fourth-order valence-electron chi connectivity index (χ4n) is 1.41. The van der Waals surface area contributed by atoms with Gasteiger partial charge in [-0.2, -0.15) is 0 Å². The lowest BCUT2D eigenvalue weighted by molar-refractivity contribution is 0.271. The molecule has 1 aromatic carbocycles. The van der Waals surface area contributed by atoms with E-state index in [-0.39, 0.29) is 17.5 Å². The molecule has 0 saturated heterocycles. The highest BCUT2D eigenvalue weighted by molar-refractivity contribution is 7.90. The van der Waals surface area contributed by atoms with Gasteiger partial charge in [0, 0.05) is 12.3 Å². The van der Waals surface area contributed by atoms with E-state index < -0.39 is 9.84 Å². The number of para-hydroxylation sites is 1. The monoisotopic (exact) mass is 243 g/mol. The first-order chi connectivity index (χ1) is 7.49. The summed E-state index contributed by atoms with van der Waals surface area (Å²) >= 11 is 0. The van der Waals surface area contributed by atoms with E-state index in [9.17, 15) is 8.42 Å². The summed E-state index contributed by atoms with van der Waals surface area (Å²) in [7, 11) is -3.24. The van der Waals surface area contributed by atoms with Crippen molar-refractivity contribution >= 4 is 15.5 Å². The molecule has 0 amide bonds. The lowest BCUT2D eigenvalue weighted by Crippen LogP contribution is -2.23. The first-order valence-corrected chi connectivity index (χ1v) is 7.04. The maximum atomic E-state index is 11.5. The first kappa shape index (κ1) is 13.0. The van der Waals surface area contributed by atoms with Crippen LogP contribution < -0.4 is 5.32 Å². The van der Waals surface area contributed by atoms with Gasteiger partial charge in [-0.3, -0.25) is 0 Å². The SMILES string of the molecule is CCC(CO)Nc1ccccc1S(C)(=O)=O. The number of hydrogen-bond donors (Lipinski definition) is 2. The Bertz CT molecular complexity index is 438. The molecule has 0 aliphatic carbocycles. The highest BCUT2D eigenvalue weighted by atomic mass is 32.2. The summed E-state index contributed by atoms with van der Waals surface area (Å²) in [4.78, 5) is 0.266. The Balaban J connectivity index is 3.05. The second-order valence-corrected chi connectivity index (χ2v) is 5.68. The summed E-state index contributed by atoms with van der Waals surface area (Å²) in [6.07, 6.45) is 1.90. The summed E-state index contributed by atoms with van der Waals surface area (Å²) in [6.45, 7) is 1.91. The van der Waals surface area contributed by atoms with Crippen molar-refractivity contribution in [2.45, 2.75) is 24.3 Å². The van der Waals surface area contributed by atoms with E-state index in [4.69, 9.17) is 5.11 Å². The quantitative estimate of drug-likeness (QED) is 0.817. The fourth-order valence-corrected chi connectivity index (χ4v) is 2.26. The molecular weight excluding hydrogens is 226 g/mol. The molecule has 2 N–H and O–H groups in total. The zero-order valence-electron chi connectivity index (χ0n) is 9.47. The predicted molar refractivity (Wildman–Crippen MR) is 64.3 cm³/mol. The Morgan fingerprint density at radius 1 is 1.38 bits per heavy atom. The normalized spacial score (nSPS) is 13.4. The van der Waals surface area contributed by atoms with Gasteiger partial charge in [0.2, 0.25) is 0 Å². The number of hydrogen-bond acceptors (Lipinski definition) is 4. The third-order valence-electron chi connectivity index (χ3n) is 2.36. The fraction of sp³-hybridized carbons (Fsp3) is 0.455. The van der Waals surface area contributed by atoms with Crippen LogP contribution in [-0.4, -0.2) is 32.4 Å². The van der Waals surface area contributed by atoms with Crippen LogP contribution in [0.1, 0.15) is 13.3 Å². The Kier molecular flexibility index (Phi) is 4.32. The van der Waals surface area contributed by atoms with Gasteiger partial charge in [-0.25, -0.2) is 8.42 Å². The lowest BCUT2D eigenvalue weighted by Gasteiger charge is -2.17. The zero-order valence-corrected chi connectivity index (χ0v) is 10.3. The second-order valence-electron chi connectivity index (χ2n) is 3.70. The Morgan fingerprint density at radius 2 is 2.00 bits per heavy atom. The number of anilines is 1. The van der Waals surface area contributed by atoms with Crippen molar-refractivity contribution in [3.05, 3.63) is 24.3 Å². The van der Waals surface area contributed by atoms with Gasteiger partial charge < -0.3 is 10.4 Å². The van der Waals surface area contributed by atoms with Gasteiger partial charge in [-0.1, -0.05) is 19.1 Å². The molecule has 0 fully saturated rings. The minimum Gasteiger partial charge on any atom is -0.394 e. The first-order valence-electron chi connectivity index (χ1n) is 5.15. The van der Waals surface area contributed by atoms with E-state index in [0.29, 0.717) is 5.69 Å². The van der Waals surface area contributed by atoms with E-state index in [1.165, 1.54) is 6.26 Å². The van der Waals surface area contributed by atoms with E-state index in [1.54, 1.807) is 24.3 Å². The van der Waals surface area contributed by atoms with Crippen LogP contribution in [-0.2, 0) is 9.84 Å². The van der Waals surface area contributed by atoms with Crippen molar-refractivity contribution in [1.29, 1.82) is 0 Å². The standard InChI is InChI=1S/C11H17NO3S/c1-3-9(8-13)12-10-6-4-5-7-11(10)16(2,14)15/h4-7,9,12-13H,3,8H2,1-2H3. The molecule has 0 aliphatic rings. The van der Waals surface area contributed by atoms with E-state index >= 15 is 0 Å². The Labute approximate surface area is 96.2 Å². The van der Waals surface area contributed by atoms with Gasteiger partial charge in [0.1, 0.15) is 0 Å². The third kappa shape index (κ3) is 3.21. The minimum atomic E-state index is -3.24. The summed E-state index contributed by atoms with van der Waals surface area (Å²) in [5.74, 6) is 0. The van der Waals surface area contributed by atoms with E-state index in [1.807, 2.05) is 6.92 Å². The topological polar surface area (TPSA) is 66.4 Å². The number of sulfone groups is 1. The number of benzene rings is 1. The molecule has 5 heteroatoms. The van der Waals surface area contributed by atoms with Crippen molar-refractivity contribution in [3.63, 3.8) is 0 Å². The van der Waals surface area contributed by atoms with Gasteiger partial charge in [0.15, 0.2) is 9.84 Å². The van der Waals surface area contributed by atoms with Gasteiger partial charge in [-0.05, 0) is 18.6 Å². The van der Waals surface area contributed by atoms with Crippen molar-refractivity contribution in [3.8, 4) is 0 Å². The molecule has 0 saturated carbocycles. The molecule has 4 nitrogen and oxygen atoms in total. The molecule has 0 bridgehead atoms. The molecule has 0 radical (unpaired) electrons. The number of nitrogens with one attached hydrogen (secondary N) is 1. The van der Waals surface area contributed by atoms with Crippen molar-refractivity contribution < 1.29 is 13.5 Å². The van der Waals surface area contributed by atoms with Crippen LogP contribution in [0.15, 0.2) is 29.2 Å². The number of aliphatic hydroxyl groups is 1. The van der Waals surface area contributed by atoms with Crippen LogP contribution in [0, 0.1) is 0 Å². The third-order valence-corrected chi connectivity index (χ3v) is 3.51.